The molecule has 3 N–H and O–H groups in total. The van der Waals surface area contributed by atoms with Crippen molar-refractivity contribution in [3.8, 4) is 0 Å². The van der Waals surface area contributed by atoms with Gasteiger partial charge in [0, 0.05) is 11.9 Å². The van der Waals surface area contributed by atoms with Gasteiger partial charge in [0.05, 0.1) is 5.92 Å². The molecule has 17 heavy (non-hydrogen) atoms. The highest BCUT2D eigenvalue weighted by Gasteiger charge is 2.16. The van der Waals surface area contributed by atoms with E-state index in [1.165, 1.54) is 0 Å². The van der Waals surface area contributed by atoms with Crippen molar-refractivity contribution in [3.63, 3.8) is 0 Å². The molecule has 0 amide bonds. The molecule has 1 atom stereocenters. The van der Waals surface area contributed by atoms with Gasteiger partial charge in [-0.15, -0.1) is 0 Å². The third kappa shape index (κ3) is 5.45. The van der Waals surface area contributed by atoms with Crippen LogP contribution in [-0.2, 0) is 11.2 Å². The minimum absolute atomic E-state index is 0.274. The van der Waals surface area contributed by atoms with Crippen LogP contribution in [0.2, 0.25) is 0 Å². The van der Waals surface area contributed by atoms with E-state index < -0.39 is 5.97 Å². The molecule has 4 heteroatoms. The van der Waals surface area contributed by atoms with Gasteiger partial charge >= 0.3 is 5.97 Å². The van der Waals surface area contributed by atoms with Gasteiger partial charge < -0.3 is 10.8 Å². The predicted octanol–water partition coefficient (Wildman–Crippen LogP) is 1.84. The normalized spacial score (nSPS) is 12.3. The maximum absolute atomic E-state index is 11.1. The standard InChI is InChI=1S/C13H20N2O2/c14-9-3-1-5-11(13(16)17)7-8-12-6-2-4-10-15-12/h2,4,6,10-11H,1,3,5,7-9,14H2,(H,16,17). The molecule has 1 aromatic rings. The smallest absolute Gasteiger partial charge is 0.306 e. The van der Waals surface area contributed by atoms with Crippen LogP contribution in [0.4, 0.5) is 0 Å². The predicted molar refractivity (Wildman–Crippen MR) is 66.6 cm³/mol. The fourth-order valence-corrected chi connectivity index (χ4v) is 1.79. The molecule has 0 saturated heterocycles. The first-order valence-electron chi connectivity index (χ1n) is 6.07. The molecule has 0 aromatic carbocycles. The molecule has 0 spiro atoms. The van der Waals surface area contributed by atoms with E-state index in [0.717, 1.165) is 25.0 Å². The highest BCUT2D eigenvalue weighted by molar-refractivity contribution is 5.69. The topological polar surface area (TPSA) is 76.2 Å². The third-order valence-electron chi connectivity index (χ3n) is 2.83. The maximum atomic E-state index is 11.1. The van der Waals surface area contributed by atoms with Gasteiger partial charge in [0.15, 0.2) is 0 Å². The second-order valence-corrected chi connectivity index (χ2v) is 4.18. The summed E-state index contributed by atoms with van der Waals surface area (Å²) in [4.78, 5) is 15.3. The Balaban J connectivity index is 2.36. The Morgan fingerprint density at radius 2 is 2.18 bits per heavy atom. The Morgan fingerprint density at radius 1 is 1.35 bits per heavy atom. The van der Waals surface area contributed by atoms with Gasteiger partial charge in [0.25, 0.3) is 0 Å². The molecule has 0 radical (unpaired) electrons. The number of carbonyl (C=O) groups is 1. The Labute approximate surface area is 102 Å². The van der Waals surface area contributed by atoms with Crippen LogP contribution in [0.25, 0.3) is 0 Å². The highest BCUT2D eigenvalue weighted by atomic mass is 16.4. The van der Waals surface area contributed by atoms with E-state index in [1.807, 2.05) is 18.2 Å². The number of nitrogens with zero attached hydrogens (tertiary/aromatic N) is 1. The van der Waals surface area contributed by atoms with Crippen LogP contribution >= 0.6 is 0 Å². The molecular formula is C13H20N2O2. The average molecular weight is 236 g/mol. The van der Waals surface area contributed by atoms with Crippen molar-refractivity contribution < 1.29 is 9.90 Å². The molecule has 0 aliphatic carbocycles. The summed E-state index contributed by atoms with van der Waals surface area (Å²) >= 11 is 0. The van der Waals surface area contributed by atoms with Crippen molar-refractivity contribution in [2.75, 3.05) is 6.54 Å². The quantitative estimate of drug-likeness (QED) is 0.675. The Kier molecular flexibility index (Phi) is 6.25. The summed E-state index contributed by atoms with van der Waals surface area (Å²) in [6.07, 6.45) is 5.60. The van der Waals surface area contributed by atoms with Gasteiger partial charge in [-0.1, -0.05) is 12.5 Å². The number of carboxylic acids is 1. The highest BCUT2D eigenvalue weighted by Crippen LogP contribution is 2.15. The summed E-state index contributed by atoms with van der Waals surface area (Å²) in [5.41, 5.74) is 6.35. The number of nitrogens with two attached hydrogens (primary N) is 1. The third-order valence-corrected chi connectivity index (χ3v) is 2.83. The fourth-order valence-electron chi connectivity index (χ4n) is 1.79. The molecule has 1 aromatic heterocycles. The van der Waals surface area contributed by atoms with Gasteiger partial charge in [-0.25, -0.2) is 0 Å². The van der Waals surface area contributed by atoms with Crippen LogP contribution < -0.4 is 5.73 Å². The lowest BCUT2D eigenvalue weighted by molar-refractivity contribution is -0.142. The van der Waals surface area contributed by atoms with E-state index in [4.69, 9.17) is 10.8 Å². The molecular weight excluding hydrogens is 216 g/mol. The number of aromatic nitrogens is 1. The first-order valence-corrected chi connectivity index (χ1v) is 6.07. The minimum atomic E-state index is -0.710. The molecule has 0 saturated carbocycles. The van der Waals surface area contributed by atoms with Crippen LogP contribution in [0.15, 0.2) is 24.4 Å². The summed E-state index contributed by atoms with van der Waals surface area (Å²) in [5.74, 6) is -0.985. The summed E-state index contributed by atoms with van der Waals surface area (Å²) in [5, 5.41) is 9.10. The number of aryl methyl sites for hydroxylation is 1. The molecule has 1 heterocycles. The number of carboxylic acid groups (broad SMARTS) is 1. The largest absolute Gasteiger partial charge is 0.481 e. The molecule has 0 aliphatic rings. The monoisotopic (exact) mass is 236 g/mol. The molecule has 1 rings (SSSR count). The SMILES string of the molecule is NCCCCC(CCc1ccccn1)C(=O)O. The average Bonchev–Trinajstić information content (AvgIpc) is 2.34. The van der Waals surface area contributed by atoms with Gasteiger partial charge in [0.1, 0.15) is 0 Å². The maximum Gasteiger partial charge on any atom is 0.306 e. The lowest BCUT2D eigenvalue weighted by Gasteiger charge is -2.11. The number of pyridine rings is 1. The molecule has 1 unspecified atom stereocenters. The van der Waals surface area contributed by atoms with Crippen molar-refractivity contribution in [3.05, 3.63) is 30.1 Å². The van der Waals surface area contributed by atoms with Gasteiger partial charge in [-0.2, -0.15) is 0 Å². The van der Waals surface area contributed by atoms with Crippen molar-refractivity contribution in [1.29, 1.82) is 0 Å². The zero-order valence-corrected chi connectivity index (χ0v) is 10.0. The lowest BCUT2D eigenvalue weighted by Crippen LogP contribution is -2.15. The van der Waals surface area contributed by atoms with E-state index >= 15 is 0 Å². The fraction of sp³-hybridized carbons (Fsp3) is 0.538. The molecule has 4 nitrogen and oxygen atoms in total. The van der Waals surface area contributed by atoms with Crippen molar-refractivity contribution in [2.45, 2.75) is 32.1 Å². The summed E-state index contributed by atoms with van der Waals surface area (Å²) in [7, 11) is 0. The number of aliphatic carboxylic acids is 1. The number of hydrogen-bond donors (Lipinski definition) is 2. The lowest BCUT2D eigenvalue weighted by atomic mass is 9.96. The molecule has 0 bridgehead atoms. The molecule has 0 aliphatic heterocycles. The summed E-state index contributed by atoms with van der Waals surface area (Å²) in [6.45, 7) is 0.632. The van der Waals surface area contributed by atoms with E-state index in [2.05, 4.69) is 4.98 Å². The van der Waals surface area contributed by atoms with Gasteiger partial charge in [-0.3, -0.25) is 9.78 Å². The first kappa shape index (κ1) is 13.6. The Hall–Kier alpha value is -1.42. The Morgan fingerprint density at radius 3 is 2.76 bits per heavy atom. The van der Waals surface area contributed by atoms with Gasteiger partial charge in [-0.05, 0) is 44.4 Å². The summed E-state index contributed by atoms with van der Waals surface area (Å²) < 4.78 is 0. The van der Waals surface area contributed by atoms with Crippen LogP contribution in [0, 0.1) is 5.92 Å². The zero-order valence-electron chi connectivity index (χ0n) is 10.0. The van der Waals surface area contributed by atoms with Crippen molar-refractivity contribution in [1.82, 2.24) is 4.98 Å². The number of rotatable bonds is 8. The van der Waals surface area contributed by atoms with Crippen LogP contribution in [0.3, 0.4) is 0 Å². The minimum Gasteiger partial charge on any atom is -0.481 e. The second kappa shape index (κ2) is 7.79. The van der Waals surface area contributed by atoms with E-state index in [1.54, 1.807) is 6.20 Å². The molecule has 0 fully saturated rings. The number of hydrogen-bond acceptors (Lipinski definition) is 3. The Bertz CT molecular complexity index is 327. The van der Waals surface area contributed by atoms with Gasteiger partial charge in [0.2, 0.25) is 0 Å². The van der Waals surface area contributed by atoms with Crippen molar-refractivity contribution >= 4 is 5.97 Å². The molecule has 94 valence electrons. The van der Waals surface area contributed by atoms with Crippen molar-refractivity contribution in [2.24, 2.45) is 11.7 Å². The summed E-state index contributed by atoms with van der Waals surface area (Å²) in [6, 6.07) is 5.71. The zero-order chi connectivity index (χ0) is 12.5. The second-order valence-electron chi connectivity index (χ2n) is 4.18. The van der Waals surface area contributed by atoms with E-state index in [9.17, 15) is 4.79 Å². The van der Waals surface area contributed by atoms with E-state index in [0.29, 0.717) is 19.4 Å². The van der Waals surface area contributed by atoms with Crippen LogP contribution in [-0.4, -0.2) is 22.6 Å². The van der Waals surface area contributed by atoms with Crippen LogP contribution in [0.5, 0.6) is 0 Å². The number of unbranched alkanes of at least 4 members (excludes halogenated alkanes) is 1. The van der Waals surface area contributed by atoms with Crippen LogP contribution in [0.1, 0.15) is 31.4 Å². The first-order chi connectivity index (χ1) is 8.24. The van der Waals surface area contributed by atoms with E-state index in [-0.39, 0.29) is 5.92 Å².